The molecule has 0 saturated heterocycles. The van der Waals surface area contributed by atoms with Crippen molar-refractivity contribution < 1.29 is 23.9 Å². The number of nitrogens with one attached hydrogen (secondary N) is 2. The van der Waals surface area contributed by atoms with Crippen LogP contribution in [0.2, 0.25) is 10.0 Å². The number of halogens is 3. The van der Waals surface area contributed by atoms with Gasteiger partial charge in [0, 0.05) is 22.8 Å². The van der Waals surface area contributed by atoms with E-state index in [1.54, 1.807) is 38.5 Å². The number of carbonyl (C=O) groups excluding carboxylic acids is 3. The molecule has 0 fully saturated rings. The van der Waals surface area contributed by atoms with Gasteiger partial charge in [-0.25, -0.2) is 4.90 Å². The number of carbonyl (C=O) groups is 3. The Hall–Kier alpha value is -3.72. The third-order valence-corrected chi connectivity index (χ3v) is 6.63. The molecule has 1 aliphatic rings. The fourth-order valence-electron chi connectivity index (χ4n) is 3.80. The number of benzene rings is 3. The predicted octanol–water partition coefficient (Wildman–Crippen LogP) is 5.42. The molecular weight excluding hydrogens is 553 g/mol. The number of anilines is 2. The average molecular weight is 575 g/mol. The molecule has 0 aliphatic carbocycles. The summed E-state index contributed by atoms with van der Waals surface area (Å²) in [6.07, 6.45) is 0.600. The van der Waals surface area contributed by atoms with Gasteiger partial charge in [-0.3, -0.25) is 14.4 Å². The number of nitrogens with zero attached hydrogens (tertiary/aromatic N) is 1. The van der Waals surface area contributed by atoms with Gasteiger partial charge in [-0.2, -0.15) is 0 Å². The Morgan fingerprint density at radius 3 is 2.24 bits per heavy atom. The van der Waals surface area contributed by atoms with E-state index in [-0.39, 0.29) is 27.3 Å². The smallest absolute Gasteiger partial charge is 0.283 e. The summed E-state index contributed by atoms with van der Waals surface area (Å²) in [5.74, 6) is -0.382. The minimum absolute atomic E-state index is 0.102. The molecule has 3 amide bonds. The maximum Gasteiger partial charge on any atom is 0.283 e. The molecule has 0 aromatic heterocycles. The van der Waals surface area contributed by atoms with Gasteiger partial charge in [0.05, 0.1) is 24.9 Å². The minimum Gasteiger partial charge on any atom is -0.493 e. The summed E-state index contributed by atoms with van der Waals surface area (Å²) in [6.45, 7) is 0.413. The van der Waals surface area contributed by atoms with Crippen molar-refractivity contribution in [3.05, 3.63) is 92.6 Å². The van der Waals surface area contributed by atoms with E-state index < -0.39 is 11.8 Å². The number of ether oxygens (including phenoxy) is 2. The molecular formula is C27H22Cl3N3O5. The minimum atomic E-state index is -0.714. The van der Waals surface area contributed by atoms with Crippen LogP contribution in [0.4, 0.5) is 11.4 Å². The molecule has 2 N–H and O–H groups in total. The third-order valence-electron chi connectivity index (χ3n) is 5.74. The summed E-state index contributed by atoms with van der Waals surface area (Å²) < 4.78 is 10.5. The highest BCUT2D eigenvalue weighted by Crippen LogP contribution is 2.35. The van der Waals surface area contributed by atoms with Crippen molar-refractivity contribution in [3.8, 4) is 11.5 Å². The van der Waals surface area contributed by atoms with E-state index in [9.17, 15) is 14.4 Å². The Morgan fingerprint density at radius 2 is 1.58 bits per heavy atom. The van der Waals surface area contributed by atoms with Crippen LogP contribution in [0.5, 0.6) is 11.5 Å². The summed E-state index contributed by atoms with van der Waals surface area (Å²) in [5.41, 5.74) is 1.94. The first-order chi connectivity index (χ1) is 18.2. The number of imide groups is 1. The molecule has 0 saturated carbocycles. The highest BCUT2D eigenvalue weighted by atomic mass is 35.5. The second kappa shape index (κ2) is 11.8. The summed E-state index contributed by atoms with van der Waals surface area (Å²) >= 11 is 18.3. The Balaban J connectivity index is 1.37. The van der Waals surface area contributed by atoms with Crippen LogP contribution in [-0.4, -0.2) is 38.5 Å². The molecule has 0 radical (unpaired) electrons. The van der Waals surface area contributed by atoms with Gasteiger partial charge < -0.3 is 20.1 Å². The van der Waals surface area contributed by atoms with Crippen LogP contribution in [0.1, 0.15) is 15.9 Å². The van der Waals surface area contributed by atoms with Gasteiger partial charge in [-0.15, -0.1) is 0 Å². The lowest BCUT2D eigenvalue weighted by molar-refractivity contribution is -0.120. The first-order valence-corrected chi connectivity index (χ1v) is 12.5. The van der Waals surface area contributed by atoms with Crippen molar-refractivity contribution in [1.82, 2.24) is 5.32 Å². The normalized spacial score (nSPS) is 13.1. The van der Waals surface area contributed by atoms with Crippen molar-refractivity contribution >= 4 is 63.9 Å². The predicted molar refractivity (Wildman–Crippen MR) is 147 cm³/mol. The standard InChI is InChI=1S/C27H22Cl3N3O5/c1-37-21-10-3-15(13-22(21)38-2)11-12-31-25(34)16-4-7-18(8-5-16)32-24-23(30)26(35)33(27(24)36)20-9-6-17(28)14-19(20)29/h3-10,13-14,32H,11-12H2,1-2H3,(H,31,34). The second-order valence-corrected chi connectivity index (χ2v) is 9.35. The molecule has 11 heteroatoms. The molecule has 0 bridgehead atoms. The Bertz CT molecular complexity index is 1440. The van der Waals surface area contributed by atoms with Crippen LogP contribution in [0, 0.1) is 0 Å². The molecule has 1 aliphatic heterocycles. The van der Waals surface area contributed by atoms with Crippen LogP contribution in [0.3, 0.4) is 0 Å². The van der Waals surface area contributed by atoms with Gasteiger partial charge in [-0.05, 0) is 66.6 Å². The molecule has 0 spiro atoms. The van der Waals surface area contributed by atoms with Crippen LogP contribution < -0.4 is 25.0 Å². The van der Waals surface area contributed by atoms with Gasteiger partial charge in [0.15, 0.2) is 11.5 Å². The maximum atomic E-state index is 13.0. The highest BCUT2D eigenvalue weighted by molar-refractivity contribution is 6.54. The van der Waals surface area contributed by atoms with Crippen molar-refractivity contribution in [3.63, 3.8) is 0 Å². The summed E-state index contributed by atoms with van der Waals surface area (Å²) in [7, 11) is 3.14. The Morgan fingerprint density at radius 1 is 0.868 bits per heavy atom. The quantitative estimate of drug-likeness (QED) is 0.331. The monoisotopic (exact) mass is 573 g/mol. The van der Waals surface area contributed by atoms with E-state index in [0.29, 0.717) is 40.7 Å². The van der Waals surface area contributed by atoms with E-state index in [2.05, 4.69) is 10.6 Å². The lowest BCUT2D eigenvalue weighted by atomic mass is 10.1. The number of hydrogen-bond acceptors (Lipinski definition) is 6. The van der Waals surface area contributed by atoms with Crippen molar-refractivity contribution in [2.45, 2.75) is 6.42 Å². The molecule has 3 aromatic rings. The number of hydrogen-bond donors (Lipinski definition) is 2. The Kier molecular flexibility index (Phi) is 8.46. The summed E-state index contributed by atoms with van der Waals surface area (Å²) in [5, 5.41) is 5.95. The first-order valence-electron chi connectivity index (χ1n) is 11.3. The molecule has 38 heavy (non-hydrogen) atoms. The lowest BCUT2D eigenvalue weighted by Crippen LogP contribution is -2.32. The topological polar surface area (TPSA) is 97.0 Å². The lowest BCUT2D eigenvalue weighted by Gasteiger charge is -2.16. The average Bonchev–Trinajstić information content (AvgIpc) is 3.12. The van der Waals surface area contributed by atoms with Crippen LogP contribution in [0.25, 0.3) is 0 Å². The van der Waals surface area contributed by atoms with Crippen molar-refractivity contribution in [2.75, 3.05) is 31.0 Å². The molecule has 0 unspecified atom stereocenters. The molecule has 1 heterocycles. The van der Waals surface area contributed by atoms with E-state index in [1.807, 2.05) is 18.2 Å². The zero-order chi connectivity index (χ0) is 27.4. The fourth-order valence-corrected chi connectivity index (χ4v) is 4.51. The van der Waals surface area contributed by atoms with Crippen LogP contribution >= 0.6 is 34.8 Å². The fraction of sp³-hybridized carbons (Fsp3) is 0.148. The SMILES string of the molecule is COc1ccc(CCNC(=O)c2ccc(NC3=C(Cl)C(=O)N(c4ccc(Cl)cc4Cl)C3=O)cc2)cc1OC. The van der Waals surface area contributed by atoms with E-state index in [4.69, 9.17) is 44.3 Å². The zero-order valence-electron chi connectivity index (χ0n) is 20.3. The van der Waals surface area contributed by atoms with Crippen LogP contribution in [0.15, 0.2) is 71.4 Å². The van der Waals surface area contributed by atoms with Gasteiger partial charge in [0.1, 0.15) is 10.7 Å². The van der Waals surface area contributed by atoms with Crippen molar-refractivity contribution in [2.24, 2.45) is 0 Å². The number of amides is 3. The number of rotatable bonds is 9. The summed E-state index contributed by atoms with van der Waals surface area (Å²) in [6, 6.07) is 16.4. The van der Waals surface area contributed by atoms with Gasteiger partial charge in [0.2, 0.25) is 0 Å². The first kappa shape index (κ1) is 27.3. The van der Waals surface area contributed by atoms with E-state index >= 15 is 0 Å². The molecule has 3 aromatic carbocycles. The molecule has 8 nitrogen and oxygen atoms in total. The second-order valence-electron chi connectivity index (χ2n) is 8.13. The number of methoxy groups -OCH3 is 2. The largest absolute Gasteiger partial charge is 0.493 e. The summed E-state index contributed by atoms with van der Waals surface area (Å²) in [4.78, 5) is 39.1. The molecule has 4 rings (SSSR count). The molecule has 0 atom stereocenters. The van der Waals surface area contributed by atoms with Crippen molar-refractivity contribution in [1.29, 1.82) is 0 Å². The van der Waals surface area contributed by atoms with E-state index in [0.717, 1.165) is 10.5 Å². The third kappa shape index (κ3) is 5.72. The van der Waals surface area contributed by atoms with Gasteiger partial charge in [-0.1, -0.05) is 40.9 Å². The van der Waals surface area contributed by atoms with Crippen LogP contribution in [-0.2, 0) is 16.0 Å². The Labute approximate surface area is 234 Å². The van der Waals surface area contributed by atoms with Gasteiger partial charge >= 0.3 is 0 Å². The zero-order valence-corrected chi connectivity index (χ0v) is 22.6. The maximum absolute atomic E-state index is 13.0. The molecule has 196 valence electrons. The highest BCUT2D eigenvalue weighted by Gasteiger charge is 2.39. The van der Waals surface area contributed by atoms with E-state index in [1.165, 1.54) is 18.2 Å². The van der Waals surface area contributed by atoms with Gasteiger partial charge in [0.25, 0.3) is 17.7 Å².